The molecule has 3 rings (SSSR count). The number of rotatable bonds is 5. The fraction of sp³-hybridized carbons (Fsp3) is 0.750. The number of anilines is 1. The quantitative estimate of drug-likeness (QED) is 0.845. The summed E-state index contributed by atoms with van der Waals surface area (Å²) in [5.74, 6) is 0.0633. The monoisotopic (exact) mass is 373 g/mol. The number of carbonyl (C=O) groups excluding carboxylic acids is 1. The molecule has 1 aromatic heterocycles. The van der Waals surface area contributed by atoms with Crippen molar-refractivity contribution in [1.29, 1.82) is 0 Å². The van der Waals surface area contributed by atoms with E-state index in [-0.39, 0.29) is 18.3 Å². The summed E-state index contributed by atoms with van der Waals surface area (Å²) in [6.07, 6.45) is 1.26. The molecule has 136 valence electrons. The molecule has 0 spiro atoms. The first-order valence-corrected chi connectivity index (χ1v) is 9.45. The van der Waals surface area contributed by atoms with Crippen LogP contribution in [0.15, 0.2) is 5.38 Å². The summed E-state index contributed by atoms with van der Waals surface area (Å²) in [5, 5.41) is 6.34. The zero-order chi connectivity index (χ0) is 16.2. The Morgan fingerprint density at radius 2 is 2.17 bits per heavy atom. The molecular formula is C16H28ClN5OS. The van der Waals surface area contributed by atoms with Crippen LogP contribution in [0.1, 0.15) is 26.0 Å². The van der Waals surface area contributed by atoms with E-state index in [2.05, 4.69) is 25.5 Å². The highest BCUT2D eigenvalue weighted by atomic mass is 35.5. The summed E-state index contributed by atoms with van der Waals surface area (Å²) < 4.78 is 0. The number of hydrogen-bond donors (Lipinski definition) is 1. The van der Waals surface area contributed by atoms with Crippen LogP contribution < -0.4 is 10.2 Å². The summed E-state index contributed by atoms with van der Waals surface area (Å²) in [5.41, 5.74) is 1.09. The Morgan fingerprint density at radius 1 is 1.42 bits per heavy atom. The molecule has 24 heavy (non-hydrogen) atoms. The van der Waals surface area contributed by atoms with Gasteiger partial charge in [0.05, 0.1) is 5.69 Å². The number of carbonyl (C=O) groups is 1. The molecule has 2 aliphatic rings. The van der Waals surface area contributed by atoms with Crippen LogP contribution in [0.25, 0.3) is 0 Å². The highest BCUT2D eigenvalue weighted by Crippen LogP contribution is 2.23. The maximum absolute atomic E-state index is 11.6. The van der Waals surface area contributed by atoms with Gasteiger partial charge in [0.25, 0.3) is 0 Å². The summed E-state index contributed by atoms with van der Waals surface area (Å²) in [7, 11) is 0. The van der Waals surface area contributed by atoms with Crippen LogP contribution in [0.5, 0.6) is 0 Å². The molecule has 0 saturated carbocycles. The molecule has 0 aromatic carbocycles. The molecule has 1 aromatic rings. The third kappa shape index (κ3) is 4.67. The van der Waals surface area contributed by atoms with Gasteiger partial charge in [-0.2, -0.15) is 0 Å². The Morgan fingerprint density at radius 3 is 2.83 bits per heavy atom. The minimum absolute atomic E-state index is 0. The zero-order valence-electron chi connectivity index (χ0n) is 14.5. The van der Waals surface area contributed by atoms with Gasteiger partial charge in [0.15, 0.2) is 5.13 Å². The number of hydrogen-bond acceptors (Lipinski definition) is 6. The fourth-order valence-electron chi connectivity index (χ4n) is 3.52. The number of nitrogens with zero attached hydrogens (tertiary/aromatic N) is 4. The number of aromatic nitrogens is 1. The largest absolute Gasteiger partial charge is 0.314 e. The van der Waals surface area contributed by atoms with Gasteiger partial charge < -0.3 is 5.32 Å². The molecule has 1 N–H and O–H groups in total. The van der Waals surface area contributed by atoms with Gasteiger partial charge in [-0.25, -0.2) is 4.98 Å². The van der Waals surface area contributed by atoms with Gasteiger partial charge in [0.2, 0.25) is 5.91 Å². The summed E-state index contributed by atoms with van der Waals surface area (Å²) in [6.45, 7) is 12.0. The van der Waals surface area contributed by atoms with Gasteiger partial charge in [0, 0.05) is 70.7 Å². The smallest absolute Gasteiger partial charge is 0.225 e. The molecule has 0 aliphatic carbocycles. The molecule has 0 radical (unpaired) electrons. The van der Waals surface area contributed by atoms with Crippen molar-refractivity contribution in [2.24, 2.45) is 0 Å². The summed E-state index contributed by atoms with van der Waals surface area (Å²) in [6, 6.07) is 0.694. The third-order valence-electron chi connectivity index (χ3n) is 4.77. The Labute approximate surface area is 154 Å². The molecule has 1 amide bonds. The van der Waals surface area contributed by atoms with Crippen LogP contribution >= 0.6 is 23.7 Å². The van der Waals surface area contributed by atoms with Gasteiger partial charge in [-0.3, -0.25) is 19.5 Å². The minimum atomic E-state index is 0. The SMILES string of the molecule is CCN(C(C)=O)c1nc(CN2CCC(N3CCNCC3)C2)cs1.Cl. The molecule has 1 unspecified atom stereocenters. The van der Waals surface area contributed by atoms with Gasteiger partial charge in [-0.1, -0.05) is 0 Å². The van der Waals surface area contributed by atoms with E-state index in [1.807, 2.05) is 6.92 Å². The first-order valence-electron chi connectivity index (χ1n) is 8.57. The van der Waals surface area contributed by atoms with E-state index in [0.717, 1.165) is 43.5 Å². The minimum Gasteiger partial charge on any atom is -0.314 e. The average molecular weight is 374 g/mol. The second-order valence-electron chi connectivity index (χ2n) is 6.35. The highest BCUT2D eigenvalue weighted by Gasteiger charge is 2.28. The van der Waals surface area contributed by atoms with Crippen LogP contribution in [-0.2, 0) is 11.3 Å². The number of likely N-dealkylation sites (tertiary alicyclic amines) is 1. The van der Waals surface area contributed by atoms with E-state index >= 15 is 0 Å². The van der Waals surface area contributed by atoms with Crippen molar-refractivity contribution in [3.63, 3.8) is 0 Å². The summed E-state index contributed by atoms with van der Waals surface area (Å²) >= 11 is 1.57. The molecule has 8 heteroatoms. The van der Waals surface area contributed by atoms with E-state index in [1.54, 1.807) is 23.2 Å². The Balaban J connectivity index is 0.00000208. The van der Waals surface area contributed by atoms with Crippen molar-refractivity contribution in [2.45, 2.75) is 32.9 Å². The summed E-state index contributed by atoms with van der Waals surface area (Å²) in [4.78, 5) is 23.1. The lowest BCUT2D eigenvalue weighted by Crippen LogP contribution is -2.49. The van der Waals surface area contributed by atoms with Crippen molar-refractivity contribution >= 4 is 34.8 Å². The van der Waals surface area contributed by atoms with Crippen LogP contribution in [0.2, 0.25) is 0 Å². The lowest BCUT2D eigenvalue weighted by molar-refractivity contribution is -0.116. The number of thiazole rings is 1. The predicted molar refractivity (Wildman–Crippen MR) is 101 cm³/mol. The van der Waals surface area contributed by atoms with Crippen molar-refractivity contribution in [3.05, 3.63) is 11.1 Å². The Kier molecular flexibility index (Phi) is 7.43. The Hall–Kier alpha value is -0.730. The van der Waals surface area contributed by atoms with Gasteiger partial charge in [-0.05, 0) is 13.3 Å². The van der Waals surface area contributed by atoms with Gasteiger partial charge in [-0.15, -0.1) is 23.7 Å². The van der Waals surface area contributed by atoms with Gasteiger partial charge in [0.1, 0.15) is 0 Å². The van der Waals surface area contributed by atoms with Crippen molar-refractivity contribution < 1.29 is 4.79 Å². The normalized spacial score (nSPS) is 22.3. The van der Waals surface area contributed by atoms with E-state index in [4.69, 9.17) is 0 Å². The third-order valence-corrected chi connectivity index (χ3v) is 5.68. The lowest BCUT2D eigenvalue weighted by Gasteiger charge is -2.32. The molecule has 2 aliphatic heterocycles. The number of halogens is 1. The van der Waals surface area contributed by atoms with E-state index < -0.39 is 0 Å². The lowest BCUT2D eigenvalue weighted by atomic mass is 10.2. The van der Waals surface area contributed by atoms with E-state index in [0.29, 0.717) is 12.6 Å². The van der Waals surface area contributed by atoms with Crippen molar-refractivity contribution in [2.75, 3.05) is 50.7 Å². The maximum Gasteiger partial charge on any atom is 0.225 e. The molecule has 6 nitrogen and oxygen atoms in total. The molecule has 2 fully saturated rings. The van der Waals surface area contributed by atoms with Crippen LogP contribution in [0.4, 0.5) is 5.13 Å². The molecule has 2 saturated heterocycles. The topological polar surface area (TPSA) is 51.7 Å². The van der Waals surface area contributed by atoms with E-state index in [1.165, 1.54) is 19.5 Å². The predicted octanol–water partition coefficient (Wildman–Crippen LogP) is 1.42. The number of piperazine rings is 1. The van der Waals surface area contributed by atoms with Crippen LogP contribution in [-0.4, -0.2) is 72.5 Å². The number of amides is 1. The fourth-order valence-corrected chi connectivity index (χ4v) is 4.44. The van der Waals surface area contributed by atoms with E-state index in [9.17, 15) is 4.79 Å². The van der Waals surface area contributed by atoms with Crippen LogP contribution in [0.3, 0.4) is 0 Å². The highest BCUT2D eigenvalue weighted by molar-refractivity contribution is 7.14. The van der Waals surface area contributed by atoms with Crippen molar-refractivity contribution in [3.8, 4) is 0 Å². The molecule has 1 atom stereocenters. The van der Waals surface area contributed by atoms with Gasteiger partial charge >= 0.3 is 0 Å². The molecule has 0 bridgehead atoms. The Bertz CT molecular complexity index is 534. The van der Waals surface area contributed by atoms with Crippen molar-refractivity contribution in [1.82, 2.24) is 20.1 Å². The first-order chi connectivity index (χ1) is 11.2. The average Bonchev–Trinajstić information content (AvgIpc) is 3.19. The van der Waals surface area contributed by atoms with Crippen LogP contribution in [0, 0.1) is 0 Å². The number of nitrogens with one attached hydrogen (secondary N) is 1. The second-order valence-corrected chi connectivity index (χ2v) is 7.18. The molecular weight excluding hydrogens is 346 g/mol. The zero-order valence-corrected chi connectivity index (χ0v) is 16.2. The first kappa shape index (κ1) is 19.6. The standard InChI is InChI=1S/C16H27N5OS.ClH/c1-3-21(13(2)22)16-18-14(12-23-16)10-19-7-4-15(11-19)20-8-5-17-6-9-20;/h12,15,17H,3-11H2,1-2H3;1H. The second kappa shape index (κ2) is 9.10. The maximum atomic E-state index is 11.6. The molecule has 3 heterocycles.